The van der Waals surface area contributed by atoms with Crippen LogP contribution in [0.5, 0.6) is 0 Å². The molecule has 2 N–H and O–H groups in total. The third kappa shape index (κ3) is 1.88. The molecular formula is C11H16BrN3. The first kappa shape index (κ1) is 10.9. The van der Waals surface area contributed by atoms with E-state index in [2.05, 4.69) is 45.9 Å². The van der Waals surface area contributed by atoms with Crippen molar-refractivity contribution in [2.75, 3.05) is 11.9 Å². The van der Waals surface area contributed by atoms with Crippen LogP contribution in [-0.2, 0) is 0 Å². The fraction of sp³-hybridized carbons (Fsp3) is 0.545. The predicted molar refractivity (Wildman–Crippen MR) is 66.0 cm³/mol. The van der Waals surface area contributed by atoms with Crippen LogP contribution in [0.3, 0.4) is 0 Å². The van der Waals surface area contributed by atoms with Crippen LogP contribution in [0.4, 0.5) is 5.69 Å². The largest absolute Gasteiger partial charge is 0.370 e. The predicted octanol–water partition coefficient (Wildman–Crippen LogP) is 2.46. The molecule has 0 saturated heterocycles. The van der Waals surface area contributed by atoms with Crippen molar-refractivity contribution in [1.29, 1.82) is 0 Å². The van der Waals surface area contributed by atoms with Crippen LogP contribution in [0.25, 0.3) is 0 Å². The lowest BCUT2D eigenvalue weighted by atomic mass is 9.95. The van der Waals surface area contributed by atoms with E-state index in [0.29, 0.717) is 6.04 Å². The quantitative estimate of drug-likeness (QED) is 0.852. The van der Waals surface area contributed by atoms with Gasteiger partial charge in [-0.3, -0.25) is 4.98 Å². The summed E-state index contributed by atoms with van der Waals surface area (Å²) in [4.78, 5) is 6.69. The van der Waals surface area contributed by atoms with Crippen molar-refractivity contribution in [2.45, 2.75) is 31.8 Å². The normalized spacial score (nSPS) is 25.2. The average Bonchev–Trinajstić information content (AvgIpc) is 2.23. The van der Waals surface area contributed by atoms with Crippen LogP contribution < -0.4 is 10.6 Å². The molecule has 15 heavy (non-hydrogen) atoms. The maximum absolute atomic E-state index is 6.12. The lowest BCUT2D eigenvalue weighted by molar-refractivity contribution is 0.471. The number of nitrogens with two attached hydrogens (primary N) is 1. The second-order valence-electron chi connectivity index (χ2n) is 4.07. The van der Waals surface area contributed by atoms with Gasteiger partial charge in [-0.05, 0) is 34.8 Å². The van der Waals surface area contributed by atoms with E-state index in [1.807, 2.05) is 6.20 Å². The molecule has 2 rings (SSSR count). The summed E-state index contributed by atoms with van der Waals surface area (Å²) >= 11 is 3.45. The molecule has 2 unspecified atom stereocenters. The summed E-state index contributed by atoms with van der Waals surface area (Å²) in [5.74, 6) is 0. The SMILES string of the molecule is CCC1CC(N)c2ncc(Br)cc2N1C. The molecule has 1 aliphatic rings. The first-order valence-corrected chi connectivity index (χ1v) is 6.06. The number of aromatic nitrogens is 1. The molecule has 0 radical (unpaired) electrons. The van der Waals surface area contributed by atoms with Gasteiger partial charge in [0, 0.05) is 23.8 Å². The standard InChI is InChI=1S/C11H16BrN3/c1-3-8-5-9(13)11-10(15(8)2)4-7(12)6-14-11/h4,6,8-9H,3,5,13H2,1-2H3. The van der Waals surface area contributed by atoms with Crippen molar-refractivity contribution in [2.24, 2.45) is 5.73 Å². The van der Waals surface area contributed by atoms with Crippen LogP contribution in [0.15, 0.2) is 16.7 Å². The molecule has 1 aliphatic heterocycles. The monoisotopic (exact) mass is 269 g/mol. The molecular weight excluding hydrogens is 254 g/mol. The van der Waals surface area contributed by atoms with Gasteiger partial charge in [0.15, 0.2) is 0 Å². The van der Waals surface area contributed by atoms with Gasteiger partial charge in [0.2, 0.25) is 0 Å². The van der Waals surface area contributed by atoms with Crippen molar-refractivity contribution in [3.05, 3.63) is 22.4 Å². The third-order valence-corrected chi connectivity index (χ3v) is 3.57. The minimum Gasteiger partial charge on any atom is -0.370 e. The second kappa shape index (κ2) is 4.10. The van der Waals surface area contributed by atoms with Crippen LogP contribution in [0, 0.1) is 0 Å². The molecule has 0 bridgehead atoms. The smallest absolute Gasteiger partial charge is 0.0805 e. The fourth-order valence-electron chi connectivity index (χ4n) is 2.21. The first-order valence-electron chi connectivity index (χ1n) is 5.27. The topological polar surface area (TPSA) is 42.1 Å². The van der Waals surface area contributed by atoms with Crippen LogP contribution in [0.1, 0.15) is 31.5 Å². The van der Waals surface area contributed by atoms with E-state index < -0.39 is 0 Å². The fourth-order valence-corrected chi connectivity index (χ4v) is 2.53. The molecule has 0 amide bonds. The number of pyridine rings is 1. The average molecular weight is 270 g/mol. The van der Waals surface area contributed by atoms with Crippen molar-refractivity contribution in [3.63, 3.8) is 0 Å². The summed E-state index contributed by atoms with van der Waals surface area (Å²) in [5.41, 5.74) is 8.30. The number of rotatable bonds is 1. The van der Waals surface area contributed by atoms with Gasteiger partial charge >= 0.3 is 0 Å². The molecule has 4 heteroatoms. The van der Waals surface area contributed by atoms with Gasteiger partial charge in [0.25, 0.3) is 0 Å². The summed E-state index contributed by atoms with van der Waals surface area (Å²) < 4.78 is 1.01. The Labute approximate surface area is 98.8 Å². The minimum absolute atomic E-state index is 0.0780. The van der Waals surface area contributed by atoms with E-state index >= 15 is 0 Å². The highest BCUT2D eigenvalue weighted by molar-refractivity contribution is 9.10. The molecule has 1 aromatic rings. The number of hydrogen-bond acceptors (Lipinski definition) is 3. The second-order valence-corrected chi connectivity index (χ2v) is 4.99. The highest BCUT2D eigenvalue weighted by atomic mass is 79.9. The van der Waals surface area contributed by atoms with Crippen molar-refractivity contribution < 1.29 is 0 Å². The molecule has 82 valence electrons. The van der Waals surface area contributed by atoms with E-state index in [1.54, 1.807) is 0 Å². The van der Waals surface area contributed by atoms with Gasteiger partial charge in [-0.25, -0.2) is 0 Å². The van der Waals surface area contributed by atoms with Crippen molar-refractivity contribution in [3.8, 4) is 0 Å². The van der Waals surface area contributed by atoms with Gasteiger partial charge < -0.3 is 10.6 Å². The van der Waals surface area contributed by atoms with Crippen LogP contribution in [0.2, 0.25) is 0 Å². The molecule has 0 aliphatic carbocycles. The lowest BCUT2D eigenvalue weighted by Crippen LogP contribution is -2.39. The molecule has 0 saturated carbocycles. The number of nitrogens with zero attached hydrogens (tertiary/aromatic N) is 2. The molecule has 2 atom stereocenters. The van der Waals surface area contributed by atoms with Gasteiger partial charge in [0.1, 0.15) is 0 Å². The van der Waals surface area contributed by atoms with E-state index in [9.17, 15) is 0 Å². The Hall–Kier alpha value is -0.610. The van der Waals surface area contributed by atoms with Crippen molar-refractivity contribution >= 4 is 21.6 Å². The third-order valence-electron chi connectivity index (χ3n) is 3.14. The Kier molecular flexibility index (Phi) is 2.98. The van der Waals surface area contributed by atoms with E-state index in [1.165, 1.54) is 0 Å². The summed E-state index contributed by atoms with van der Waals surface area (Å²) in [6, 6.07) is 2.71. The Morgan fingerprint density at radius 1 is 1.67 bits per heavy atom. The molecule has 0 fully saturated rings. The maximum atomic E-state index is 6.12. The van der Waals surface area contributed by atoms with Gasteiger partial charge in [0.05, 0.1) is 17.4 Å². The number of hydrogen-bond donors (Lipinski definition) is 1. The van der Waals surface area contributed by atoms with E-state index in [-0.39, 0.29) is 6.04 Å². The van der Waals surface area contributed by atoms with E-state index in [0.717, 1.165) is 28.7 Å². The zero-order chi connectivity index (χ0) is 11.0. The Morgan fingerprint density at radius 2 is 2.40 bits per heavy atom. The molecule has 3 nitrogen and oxygen atoms in total. The summed E-state index contributed by atoms with van der Waals surface area (Å²) in [5, 5.41) is 0. The van der Waals surface area contributed by atoms with Gasteiger partial charge in [-0.2, -0.15) is 0 Å². The first-order chi connectivity index (χ1) is 7.13. The number of anilines is 1. The summed E-state index contributed by atoms with van der Waals surface area (Å²) in [6.45, 7) is 2.20. The number of fused-ring (bicyclic) bond motifs is 1. The van der Waals surface area contributed by atoms with Gasteiger partial charge in [-0.15, -0.1) is 0 Å². The zero-order valence-electron chi connectivity index (χ0n) is 9.07. The zero-order valence-corrected chi connectivity index (χ0v) is 10.7. The van der Waals surface area contributed by atoms with Crippen molar-refractivity contribution in [1.82, 2.24) is 4.98 Å². The molecule has 0 aromatic carbocycles. The molecule has 2 heterocycles. The van der Waals surface area contributed by atoms with Crippen LogP contribution in [-0.4, -0.2) is 18.1 Å². The Morgan fingerprint density at radius 3 is 3.07 bits per heavy atom. The Balaban J connectivity index is 2.45. The minimum atomic E-state index is 0.0780. The molecule has 0 spiro atoms. The highest BCUT2D eigenvalue weighted by Gasteiger charge is 2.28. The number of halogens is 1. The highest BCUT2D eigenvalue weighted by Crippen LogP contribution is 2.35. The summed E-state index contributed by atoms with van der Waals surface area (Å²) in [7, 11) is 2.12. The van der Waals surface area contributed by atoms with Crippen LogP contribution >= 0.6 is 15.9 Å². The lowest BCUT2D eigenvalue weighted by Gasteiger charge is -2.37. The Bertz CT molecular complexity index is 367. The van der Waals surface area contributed by atoms with E-state index in [4.69, 9.17) is 5.73 Å². The molecule has 1 aromatic heterocycles. The summed E-state index contributed by atoms with van der Waals surface area (Å²) in [6.07, 6.45) is 3.93. The maximum Gasteiger partial charge on any atom is 0.0805 e. The van der Waals surface area contributed by atoms with Gasteiger partial charge in [-0.1, -0.05) is 6.92 Å².